The van der Waals surface area contributed by atoms with Crippen LogP contribution in [0.3, 0.4) is 0 Å². The van der Waals surface area contributed by atoms with Crippen molar-refractivity contribution in [3.05, 3.63) is 70.4 Å². The average Bonchev–Trinajstić information content (AvgIpc) is 2.81. The van der Waals surface area contributed by atoms with Crippen molar-refractivity contribution in [2.45, 2.75) is 0 Å². The highest BCUT2D eigenvalue weighted by Gasteiger charge is 2.14. The molecule has 2 nitrogen and oxygen atoms in total. The van der Waals surface area contributed by atoms with Gasteiger partial charge in [0.15, 0.2) is 5.76 Å². The zero-order valence-electron chi connectivity index (χ0n) is 9.39. The van der Waals surface area contributed by atoms with Crippen molar-refractivity contribution in [1.82, 2.24) is 0 Å². The van der Waals surface area contributed by atoms with E-state index in [4.69, 9.17) is 4.42 Å². The van der Waals surface area contributed by atoms with Crippen molar-refractivity contribution in [3.8, 4) is 0 Å². The van der Waals surface area contributed by atoms with Crippen LogP contribution in [0.25, 0.3) is 11.0 Å². The summed E-state index contributed by atoms with van der Waals surface area (Å²) in [5, 5.41) is 0.920. The SMILES string of the molecule is O=C(c1ccccc1)c1cc2cc(Br)ccc2o1. The molecule has 3 rings (SSSR count). The van der Waals surface area contributed by atoms with E-state index in [1.165, 1.54) is 0 Å². The summed E-state index contributed by atoms with van der Waals surface area (Å²) in [5.74, 6) is 0.275. The fraction of sp³-hybridized carbons (Fsp3) is 0. The Labute approximate surface area is 112 Å². The van der Waals surface area contributed by atoms with Crippen molar-refractivity contribution in [3.63, 3.8) is 0 Å². The normalized spacial score (nSPS) is 10.7. The van der Waals surface area contributed by atoms with Crippen LogP contribution in [0.15, 0.2) is 63.5 Å². The van der Waals surface area contributed by atoms with E-state index in [1.54, 1.807) is 18.2 Å². The summed E-state index contributed by atoms with van der Waals surface area (Å²) in [5.41, 5.74) is 1.35. The van der Waals surface area contributed by atoms with Crippen LogP contribution < -0.4 is 0 Å². The molecule has 0 saturated carbocycles. The molecular formula is C15H9BrO2. The molecule has 18 heavy (non-hydrogen) atoms. The molecule has 0 saturated heterocycles. The monoisotopic (exact) mass is 300 g/mol. The second-order valence-corrected chi connectivity index (χ2v) is 4.90. The van der Waals surface area contributed by atoms with Gasteiger partial charge in [0.2, 0.25) is 5.78 Å². The molecule has 0 fully saturated rings. The van der Waals surface area contributed by atoms with E-state index in [0.29, 0.717) is 11.3 Å². The van der Waals surface area contributed by atoms with Crippen molar-refractivity contribution in [2.75, 3.05) is 0 Å². The van der Waals surface area contributed by atoms with Crippen LogP contribution in [0.2, 0.25) is 0 Å². The number of carbonyl (C=O) groups excluding carboxylic acids is 1. The molecule has 1 aromatic heterocycles. The molecule has 3 aromatic rings. The van der Waals surface area contributed by atoms with Gasteiger partial charge in [0.1, 0.15) is 5.58 Å². The van der Waals surface area contributed by atoms with Crippen molar-refractivity contribution in [1.29, 1.82) is 0 Å². The Morgan fingerprint density at radius 2 is 1.78 bits per heavy atom. The Morgan fingerprint density at radius 1 is 1.00 bits per heavy atom. The van der Waals surface area contributed by atoms with Crippen LogP contribution >= 0.6 is 15.9 Å². The minimum Gasteiger partial charge on any atom is -0.453 e. The van der Waals surface area contributed by atoms with Gasteiger partial charge in [-0.15, -0.1) is 0 Å². The van der Waals surface area contributed by atoms with Crippen molar-refractivity contribution in [2.24, 2.45) is 0 Å². The summed E-state index contributed by atoms with van der Waals surface area (Å²) in [4.78, 5) is 12.2. The van der Waals surface area contributed by atoms with Gasteiger partial charge in [-0.2, -0.15) is 0 Å². The minimum atomic E-state index is -0.0945. The molecular weight excluding hydrogens is 292 g/mol. The first-order valence-corrected chi connectivity index (χ1v) is 6.32. The van der Waals surface area contributed by atoms with Gasteiger partial charge in [-0.25, -0.2) is 0 Å². The van der Waals surface area contributed by atoms with Gasteiger partial charge < -0.3 is 4.42 Å². The van der Waals surface area contributed by atoms with Crippen LogP contribution in [0.4, 0.5) is 0 Å². The van der Waals surface area contributed by atoms with Crippen LogP contribution in [0, 0.1) is 0 Å². The van der Waals surface area contributed by atoms with E-state index in [9.17, 15) is 4.79 Å². The quantitative estimate of drug-likeness (QED) is 0.656. The fourth-order valence-electron chi connectivity index (χ4n) is 1.86. The lowest BCUT2D eigenvalue weighted by Crippen LogP contribution is -1.98. The molecule has 0 aliphatic carbocycles. The Hall–Kier alpha value is -1.87. The van der Waals surface area contributed by atoms with E-state index >= 15 is 0 Å². The topological polar surface area (TPSA) is 30.2 Å². The summed E-state index contributed by atoms with van der Waals surface area (Å²) >= 11 is 3.40. The van der Waals surface area contributed by atoms with Crippen molar-refractivity contribution < 1.29 is 9.21 Å². The highest BCUT2D eigenvalue weighted by atomic mass is 79.9. The van der Waals surface area contributed by atoms with Crippen LogP contribution in [-0.2, 0) is 0 Å². The number of carbonyl (C=O) groups is 1. The molecule has 3 heteroatoms. The number of ketones is 1. The third-order valence-electron chi connectivity index (χ3n) is 2.74. The van der Waals surface area contributed by atoms with E-state index in [-0.39, 0.29) is 5.78 Å². The molecule has 88 valence electrons. The first-order chi connectivity index (χ1) is 8.74. The summed E-state index contributed by atoms with van der Waals surface area (Å²) in [7, 11) is 0. The van der Waals surface area contributed by atoms with E-state index in [1.807, 2.05) is 36.4 Å². The highest BCUT2D eigenvalue weighted by Crippen LogP contribution is 2.24. The van der Waals surface area contributed by atoms with Crippen LogP contribution in [-0.4, -0.2) is 5.78 Å². The number of hydrogen-bond acceptors (Lipinski definition) is 2. The first kappa shape index (κ1) is 11.2. The maximum Gasteiger partial charge on any atom is 0.228 e. The molecule has 0 N–H and O–H groups in total. The summed E-state index contributed by atoms with van der Waals surface area (Å²) < 4.78 is 6.54. The second-order valence-electron chi connectivity index (χ2n) is 3.99. The number of benzene rings is 2. The van der Waals surface area contributed by atoms with Gasteiger partial charge in [0.25, 0.3) is 0 Å². The maximum absolute atomic E-state index is 12.2. The molecule has 0 bridgehead atoms. The Kier molecular flexibility index (Phi) is 2.76. The van der Waals surface area contributed by atoms with Crippen LogP contribution in [0.5, 0.6) is 0 Å². The van der Waals surface area contributed by atoms with Gasteiger partial charge in [0, 0.05) is 15.4 Å². The van der Waals surface area contributed by atoms with Gasteiger partial charge in [0.05, 0.1) is 0 Å². The van der Waals surface area contributed by atoms with Gasteiger partial charge >= 0.3 is 0 Å². The standard InChI is InChI=1S/C15H9BrO2/c16-12-6-7-13-11(8-12)9-14(18-13)15(17)10-4-2-1-3-5-10/h1-9H. The number of fused-ring (bicyclic) bond motifs is 1. The Balaban J connectivity index is 2.07. The molecule has 0 atom stereocenters. The highest BCUT2D eigenvalue weighted by molar-refractivity contribution is 9.10. The number of halogens is 1. The maximum atomic E-state index is 12.2. The van der Waals surface area contributed by atoms with Gasteiger partial charge in [-0.05, 0) is 24.3 Å². The minimum absolute atomic E-state index is 0.0945. The molecule has 0 amide bonds. The predicted molar refractivity (Wildman–Crippen MR) is 73.8 cm³/mol. The molecule has 2 aromatic carbocycles. The van der Waals surface area contributed by atoms with E-state index in [0.717, 1.165) is 15.4 Å². The predicted octanol–water partition coefficient (Wildman–Crippen LogP) is 4.43. The zero-order valence-corrected chi connectivity index (χ0v) is 11.0. The van der Waals surface area contributed by atoms with E-state index < -0.39 is 0 Å². The molecule has 0 unspecified atom stereocenters. The summed E-state index contributed by atoms with van der Waals surface area (Å²) in [6.07, 6.45) is 0. The number of rotatable bonds is 2. The fourth-order valence-corrected chi connectivity index (χ4v) is 2.24. The van der Waals surface area contributed by atoms with Gasteiger partial charge in [-0.3, -0.25) is 4.79 Å². The molecule has 0 aliphatic rings. The molecule has 0 aliphatic heterocycles. The third kappa shape index (κ3) is 1.97. The van der Waals surface area contributed by atoms with Gasteiger partial charge in [-0.1, -0.05) is 46.3 Å². The third-order valence-corrected chi connectivity index (χ3v) is 3.23. The number of furan rings is 1. The molecule has 0 spiro atoms. The van der Waals surface area contributed by atoms with E-state index in [2.05, 4.69) is 15.9 Å². The smallest absolute Gasteiger partial charge is 0.228 e. The largest absolute Gasteiger partial charge is 0.453 e. The lowest BCUT2D eigenvalue weighted by Gasteiger charge is -1.95. The number of hydrogen-bond donors (Lipinski definition) is 0. The molecule has 1 heterocycles. The Bertz CT molecular complexity index is 714. The summed E-state index contributed by atoms with van der Waals surface area (Å²) in [6, 6.07) is 16.6. The molecule has 0 radical (unpaired) electrons. The Morgan fingerprint density at radius 3 is 2.56 bits per heavy atom. The lowest BCUT2D eigenvalue weighted by atomic mass is 10.1. The first-order valence-electron chi connectivity index (χ1n) is 5.53. The zero-order chi connectivity index (χ0) is 12.5. The average molecular weight is 301 g/mol. The summed E-state index contributed by atoms with van der Waals surface area (Å²) in [6.45, 7) is 0. The lowest BCUT2D eigenvalue weighted by molar-refractivity contribution is 0.101. The van der Waals surface area contributed by atoms with Crippen LogP contribution in [0.1, 0.15) is 16.1 Å². The second kappa shape index (κ2) is 4.42. The van der Waals surface area contributed by atoms with Crippen molar-refractivity contribution >= 4 is 32.7 Å².